The Morgan fingerprint density at radius 3 is 0.787 bits per heavy atom. The van der Waals surface area contributed by atoms with E-state index >= 15 is 0 Å². The van der Waals surface area contributed by atoms with E-state index in [4.69, 9.17) is 9.97 Å². The van der Waals surface area contributed by atoms with E-state index < -0.39 is 0 Å². The maximum Gasteiger partial charge on any atom is 0.235 e. The minimum Gasteiger partial charge on any atom is -0.309 e. The summed E-state index contributed by atoms with van der Waals surface area (Å²) >= 11 is 0. The fourth-order valence-corrected chi connectivity index (χ4v) is 21.7. The van der Waals surface area contributed by atoms with Gasteiger partial charge in [-0.25, -0.2) is 9.97 Å². The average Bonchev–Trinajstić information content (AvgIpc) is 1.58. The van der Waals surface area contributed by atoms with Gasteiger partial charge in [0.05, 0.1) is 33.5 Å². The molecular weight excluding hydrogens is 1470 g/mol. The lowest BCUT2D eigenvalue weighted by atomic mass is 9.81. The number of benzene rings is 17. The SMILES string of the molecule is CC1(C)c2ccccc2-c2ccc(-c3ccc4c(c3)c3cc(-c5ccc6c(c5)C(C)(C)c5ccccc5-6)ccc3n4-c3cccc(-c4cc(-c5cccc(-c6cc(-c7ccccc7)cc(-c7ccccc7)c6)c5)nc(-n5c6ccc(-c7ccc8c(c7)C(C)(C)c7ccccc7-8)cc6c6cc(-c7ccc8c(c7)C(C)(C)c7ccccc7-8)ccc65)n4)c3)cc21. The number of aromatic nitrogens is 4. The molecule has 17 aromatic carbocycles. The molecule has 578 valence electrons. The highest BCUT2D eigenvalue weighted by atomic mass is 15.2. The molecule has 0 N–H and O–H groups in total. The zero-order chi connectivity index (χ0) is 81.8. The highest BCUT2D eigenvalue weighted by Gasteiger charge is 2.40. The Balaban J connectivity index is 0.705. The predicted octanol–water partition coefficient (Wildman–Crippen LogP) is 30.9. The third-order valence-corrected chi connectivity index (χ3v) is 28.2. The van der Waals surface area contributed by atoms with Crippen LogP contribution in [0.15, 0.2) is 376 Å². The van der Waals surface area contributed by atoms with Crippen LogP contribution < -0.4 is 0 Å². The van der Waals surface area contributed by atoms with Crippen molar-refractivity contribution in [2.45, 2.75) is 77.0 Å². The lowest BCUT2D eigenvalue weighted by Gasteiger charge is -2.22. The molecule has 0 amide bonds. The Kier molecular flexibility index (Phi) is 15.5. The van der Waals surface area contributed by atoms with E-state index in [2.05, 4.69) is 441 Å². The second kappa shape index (κ2) is 26.5. The minimum atomic E-state index is -0.165. The first-order valence-electron chi connectivity index (χ1n) is 43.0. The molecule has 0 bridgehead atoms. The number of hydrogen-bond acceptors (Lipinski definition) is 2. The van der Waals surface area contributed by atoms with Crippen LogP contribution in [0.3, 0.4) is 0 Å². The van der Waals surface area contributed by atoms with Crippen LogP contribution in [0.1, 0.15) is 99.9 Å². The number of rotatable bonds is 11. The van der Waals surface area contributed by atoms with Crippen molar-refractivity contribution < 1.29 is 0 Å². The molecule has 0 fully saturated rings. The van der Waals surface area contributed by atoms with Gasteiger partial charge in [-0.1, -0.05) is 316 Å². The van der Waals surface area contributed by atoms with Crippen molar-refractivity contribution in [3.63, 3.8) is 0 Å². The van der Waals surface area contributed by atoms with Crippen molar-refractivity contribution in [2.75, 3.05) is 0 Å². The summed E-state index contributed by atoms with van der Waals surface area (Å²) in [5, 5.41) is 4.62. The molecule has 0 unspecified atom stereocenters. The molecular formula is C118H86N4. The van der Waals surface area contributed by atoms with Crippen LogP contribution in [-0.2, 0) is 21.7 Å². The Hall–Kier alpha value is -14.6. The molecule has 4 nitrogen and oxygen atoms in total. The topological polar surface area (TPSA) is 35.6 Å². The fraction of sp³-hybridized carbons (Fsp3) is 0.102. The Bertz CT molecular complexity index is 7480. The molecule has 122 heavy (non-hydrogen) atoms. The van der Waals surface area contributed by atoms with Crippen LogP contribution in [0.4, 0.5) is 0 Å². The Morgan fingerprint density at radius 1 is 0.172 bits per heavy atom. The summed E-state index contributed by atoms with van der Waals surface area (Å²) in [6.45, 7) is 19.0. The maximum atomic E-state index is 5.93. The highest BCUT2D eigenvalue weighted by Crippen LogP contribution is 2.56. The van der Waals surface area contributed by atoms with Gasteiger partial charge < -0.3 is 4.57 Å². The van der Waals surface area contributed by atoms with Gasteiger partial charge in [-0.15, -0.1) is 0 Å². The third kappa shape index (κ3) is 10.9. The van der Waals surface area contributed by atoms with E-state index in [1.54, 1.807) is 0 Å². The van der Waals surface area contributed by atoms with Gasteiger partial charge in [0, 0.05) is 60.0 Å². The summed E-state index contributed by atoms with van der Waals surface area (Å²) in [7, 11) is 0. The molecule has 4 aliphatic rings. The average molecular weight is 1560 g/mol. The van der Waals surface area contributed by atoms with Crippen molar-refractivity contribution >= 4 is 43.6 Å². The van der Waals surface area contributed by atoms with Gasteiger partial charge in [0.1, 0.15) is 0 Å². The van der Waals surface area contributed by atoms with Crippen LogP contribution in [0.5, 0.6) is 0 Å². The lowest BCUT2D eigenvalue weighted by molar-refractivity contribution is 0.660. The van der Waals surface area contributed by atoms with E-state index in [0.717, 1.165) is 106 Å². The standard InChI is InChI=1S/C118H86N4/c1-115(2)100-37-19-15-33-88(100)92-49-41-78(66-104(92)115)74-45-53-110-96(62-74)97-63-75(79-42-50-93-89-34-16-20-38-101(89)116(3,4)105(93)67-79)46-54-111(97)121(110)87-32-24-31-83(61-87)109-70-108(82-30-23-29-73(57-82)86-59-84(71-25-11-9-12-26-71)58-85(60-86)72-27-13-10-14-28-72)119-114(120-109)122-112-55-47-76(80-43-51-94-90-35-17-21-39-102(90)117(5,6)106(94)68-80)64-98(112)99-65-77(48-56-113(99)122)81-44-52-95-91-36-18-22-40-103(91)118(7,8)107(95)69-81/h9-70H,1-8H3. The summed E-state index contributed by atoms with van der Waals surface area (Å²) in [6.07, 6.45) is 0. The highest BCUT2D eigenvalue weighted by molar-refractivity contribution is 6.14. The van der Waals surface area contributed by atoms with E-state index in [-0.39, 0.29) is 21.7 Å². The van der Waals surface area contributed by atoms with Crippen molar-refractivity contribution in [1.82, 2.24) is 19.1 Å². The Labute approximate surface area is 712 Å². The first kappa shape index (κ1) is 71.5. The van der Waals surface area contributed by atoms with E-state index in [0.29, 0.717) is 5.95 Å². The molecule has 0 aliphatic heterocycles. The quantitative estimate of drug-likeness (QED) is 0.129. The van der Waals surface area contributed by atoms with Crippen molar-refractivity contribution in [3.8, 4) is 157 Å². The van der Waals surface area contributed by atoms with Gasteiger partial charge in [-0.2, -0.15) is 0 Å². The second-order valence-electron chi connectivity index (χ2n) is 36.4. The molecule has 0 saturated carbocycles. The van der Waals surface area contributed by atoms with Crippen LogP contribution in [0.25, 0.3) is 200 Å². The molecule has 3 heterocycles. The van der Waals surface area contributed by atoms with Crippen molar-refractivity contribution in [1.29, 1.82) is 0 Å². The van der Waals surface area contributed by atoms with Gasteiger partial charge in [0.15, 0.2) is 0 Å². The van der Waals surface area contributed by atoms with Crippen LogP contribution >= 0.6 is 0 Å². The first-order valence-corrected chi connectivity index (χ1v) is 43.0. The third-order valence-electron chi connectivity index (χ3n) is 28.2. The van der Waals surface area contributed by atoms with Gasteiger partial charge >= 0.3 is 0 Å². The second-order valence-corrected chi connectivity index (χ2v) is 36.4. The first-order chi connectivity index (χ1) is 59.4. The summed E-state index contributed by atoms with van der Waals surface area (Å²) in [4.78, 5) is 11.8. The van der Waals surface area contributed by atoms with E-state index in [1.807, 2.05) is 0 Å². The zero-order valence-electron chi connectivity index (χ0n) is 69.6. The minimum absolute atomic E-state index is 0.144. The van der Waals surface area contributed by atoms with E-state index in [1.165, 1.54) is 133 Å². The van der Waals surface area contributed by atoms with Crippen LogP contribution in [-0.4, -0.2) is 19.1 Å². The predicted molar refractivity (Wildman–Crippen MR) is 510 cm³/mol. The summed E-state index contributed by atoms with van der Waals surface area (Å²) in [6, 6.07) is 142. The normalized spacial score (nSPS) is 14.3. The molecule has 3 aromatic heterocycles. The molecule has 4 aliphatic carbocycles. The van der Waals surface area contributed by atoms with Crippen molar-refractivity contribution in [2.24, 2.45) is 0 Å². The molecule has 4 heteroatoms. The summed E-state index contributed by atoms with van der Waals surface area (Å²) in [5.41, 5.74) is 46.0. The summed E-state index contributed by atoms with van der Waals surface area (Å²) < 4.78 is 4.82. The van der Waals surface area contributed by atoms with E-state index in [9.17, 15) is 0 Å². The largest absolute Gasteiger partial charge is 0.309 e. The molecule has 20 aromatic rings. The van der Waals surface area contributed by atoms with Gasteiger partial charge in [0.2, 0.25) is 5.95 Å². The summed E-state index contributed by atoms with van der Waals surface area (Å²) in [5.74, 6) is 0.579. The number of hydrogen-bond donors (Lipinski definition) is 0. The number of fused-ring (bicyclic) bond motifs is 18. The molecule has 0 spiro atoms. The molecule has 0 atom stereocenters. The molecule has 24 rings (SSSR count). The van der Waals surface area contributed by atoms with Crippen LogP contribution in [0.2, 0.25) is 0 Å². The molecule has 0 radical (unpaired) electrons. The maximum absolute atomic E-state index is 5.93. The number of nitrogens with zero attached hydrogens (tertiary/aromatic N) is 4. The van der Waals surface area contributed by atoms with Crippen LogP contribution in [0, 0.1) is 0 Å². The fourth-order valence-electron chi connectivity index (χ4n) is 21.7. The van der Waals surface area contributed by atoms with Crippen molar-refractivity contribution in [3.05, 3.63) is 421 Å². The monoisotopic (exact) mass is 1560 g/mol. The zero-order valence-corrected chi connectivity index (χ0v) is 69.6. The van der Waals surface area contributed by atoms with Gasteiger partial charge in [-0.05, 0) is 282 Å². The lowest BCUT2D eigenvalue weighted by Crippen LogP contribution is -2.14. The van der Waals surface area contributed by atoms with Gasteiger partial charge in [0.25, 0.3) is 0 Å². The smallest absolute Gasteiger partial charge is 0.235 e. The Morgan fingerprint density at radius 2 is 0.426 bits per heavy atom. The molecule has 0 saturated heterocycles. The van der Waals surface area contributed by atoms with Gasteiger partial charge in [-0.3, -0.25) is 4.57 Å².